The molecule has 1 aromatic carbocycles. The number of sulfonamides is 1. The van der Waals surface area contributed by atoms with Crippen molar-refractivity contribution in [3.8, 4) is 0 Å². The lowest BCUT2D eigenvalue weighted by Gasteiger charge is -2.36. The van der Waals surface area contributed by atoms with Gasteiger partial charge >= 0.3 is 5.97 Å². The van der Waals surface area contributed by atoms with Crippen molar-refractivity contribution in [2.75, 3.05) is 52.7 Å². The number of carbonyl (C=O) groups is 2. The molecule has 4 heterocycles. The molecular formula is C29H40N4O7S. The number of rotatable bonds is 8. The van der Waals surface area contributed by atoms with Gasteiger partial charge in [0.2, 0.25) is 10.0 Å². The van der Waals surface area contributed by atoms with Crippen molar-refractivity contribution in [3.05, 3.63) is 46.8 Å². The Bertz CT molecular complexity index is 1370. The number of amides is 1. The molecule has 41 heavy (non-hydrogen) atoms. The summed E-state index contributed by atoms with van der Waals surface area (Å²) >= 11 is 0. The minimum absolute atomic E-state index is 0.0556. The fourth-order valence-corrected chi connectivity index (χ4v) is 7.21. The first-order valence-electron chi connectivity index (χ1n) is 14.3. The highest BCUT2D eigenvalue weighted by atomic mass is 32.2. The van der Waals surface area contributed by atoms with E-state index in [9.17, 15) is 18.0 Å². The summed E-state index contributed by atoms with van der Waals surface area (Å²) in [5.74, 6) is -0.600. The second-order valence-corrected chi connectivity index (χ2v) is 14.0. The monoisotopic (exact) mass is 588 g/mol. The lowest BCUT2D eigenvalue weighted by molar-refractivity contribution is 0.0145. The van der Waals surface area contributed by atoms with Gasteiger partial charge in [-0.15, -0.1) is 0 Å². The Morgan fingerprint density at radius 1 is 1.10 bits per heavy atom. The van der Waals surface area contributed by atoms with Crippen LogP contribution < -0.4 is 5.32 Å². The van der Waals surface area contributed by atoms with Crippen LogP contribution in [0.4, 0.5) is 0 Å². The van der Waals surface area contributed by atoms with E-state index < -0.39 is 21.4 Å². The third kappa shape index (κ3) is 6.35. The van der Waals surface area contributed by atoms with E-state index in [1.54, 1.807) is 0 Å². The molecule has 1 spiro atoms. The number of carbonyl (C=O) groups excluding carboxylic acids is 2. The molecule has 0 aliphatic carbocycles. The lowest BCUT2D eigenvalue weighted by atomic mass is 9.76. The summed E-state index contributed by atoms with van der Waals surface area (Å²) in [6.45, 7) is 9.93. The smallest absolute Gasteiger partial charge is 0.338 e. The molecule has 2 saturated heterocycles. The van der Waals surface area contributed by atoms with Crippen LogP contribution in [0.15, 0.2) is 29.2 Å². The molecule has 0 radical (unpaired) electrons. The van der Waals surface area contributed by atoms with Crippen LogP contribution >= 0.6 is 0 Å². The molecule has 1 N–H and O–H groups in total. The van der Waals surface area contributed by atoms with Crippen molar-refractivity contribution in [3.63, 3.8) is 0 Å². The van der Waals surface area contributed by atoms with Gasteiger partial charge in [0.15, 0.2) is 0 Å². The van der Waals surface area contributed by atoms with Crippen molar-refractivity contribution in [1.82, 2.24) is 19.4 Å². The van der Waals surface area contributed by atoms with Gasteiger partial charge in [0.25, 0.3) is 5.91 Å². The fourth-order valence-electron chi connectivity index (χ4n) is 5.80. The maximum absolute atomic E-state index is 13.1. The van der Waals surface area contributed by atoms with Crippen molar-refractivity contribution < 1.29 is 32.2 Å². The second-order valence-electron chi connectivity index (χ2n) is 12.0. The molecule has 0 saturated carbocycles. The first-order chi connectivity index (χ1) is 19.5. The molecule has 11 nitrogen and oxygen atoms in total. The van der Waals surface area contributed by atoms with Gasteiger partial charge in [-0.2, -0.15) is 9.40 Å². The van der Waals surface area contributed by atoms with Crippen LogP contribution in [0.25, 0.3) is 0 Å². The first kappa shape index (κ1) is 29.7. The number of benzene rings is 1. The number of nitrogens with one attached hydrogen (secondary N) is 1. The van der Waals surface area contributed by atoms with Crippen molar-refractivity contribution in [1.29, 1.82) is 0 Å². The standard InChI is InChI=1S/C29H40N4O7S/c1-4-23-25-24(17-29(18-30-26(25)34)9-13-38-14-10-29)33(31-23)19-28(2,3)20-40-27(35)21-5-7-22(8-6-21)41(36,37)32-11-15-39-16-12-32/h5-8H,4,9-20H2,1-3H3,(H,30,34). The summed E-state index contributed by atoms with van der Waals surface area (Å²) in [7, 11) is -3.64. The Morgan fingerprint density at radius 3 is 2.41 bits per heavy atom. The largest absolute Gasteiger partial charge is 0.461 e. The Labute approximate surface area is 241 Å². The summed E-state index contributed by atoms with van der Waals surface area (Å²) in [6.07, 6.45) is 3.15. The summed E-state index contributed by atoms with van der Waals surface area (Å²) < 4.78 is 45.6. The number of hydrogen-bond acceptors (Lipinski definition) is 8. The van der Waals surface area contributed by atoms with Gasteiger partial charge in [0, 0.05) is 44.8 Å². The molecule has 0 bridgehead atoms. The van der Waals surface area contributed by atoms with Crippen molar-refractivity contribution in [2.45, 2.75) is 57.9 Å². The van der Waals surface area contributed by atoms with Gasteiger partial charge < -0.3 is 19.5 Å². The summed E-state index contributed by atoms with van der Waals surface area (Å²) in [6, 6.07) is 5.84. The Kier molecular flexibility index (Phi) is 8.56. The maximum atomic E-state index is 13.1. The number of morpholine rings is 1. The zero-order valence-corrected chi connectivity index (χ0v) is 24.9. The zero-order valence-electron chi connectivity index (χ0n) is 24.1. The molecule has 3 aliphatic heterocycles. The van der Waals surface area contributed by atoms with Gasteiger partial charge in [0.1, 0.15) is 0 Å². The van der Waals surface area contributed by atoms with Gasteiger partial charge in [-0.3, -0.25) is 9.48 Å². The number of esters is 1. The Morgan fingerprint density at radius 2 is 1.76 bits per heavy atom. The molecule has 12 heteroatoms. The molecule has 0 atom stereocenters. The van der Waals surface area contributed by atoms with Gasteiger partial charge in [-0.1, -0.05) is 20.8 Å². The van der Waals surface area contributed by atoms with Crippen LogP contribution in [0.1, 0.15) is 65.7 Å². The van der Waals surface area contributed by atoms with E-state index in [4.69, 9.17) is 19.3 Å². The quantitative estimate of drug-likeness (QED) is 0.466. The highest BCUT2D eigenvalue weighted by molar-refractivity contribution is 7.89. The molecule has 0 unspecified atom stereocenters. The number of hydrogen-bond donors (Lipinski definition) is 1. The Balaban J connectivity index is 1.27. The molecule has 1 aromatic heterocycles. The van der Waals surface area contributed by atoms with E-state index in [0.717, 1.165) is 30.7 Å². The number of fused-ring (bicyclic) bond motifs is 1. The summed E-state index contributed by atoms with van der Waals surface area (Å²) in [5, 5.41) is 7.98. The van der Waals surface area contributed by atoms with Crippen molar-refractivity contribution >= 4 is 21.9 Å². The third-order valence-electron chi connectivity index (χ3n) is 8.28. The minimum atomic E-state index is -3.64. The predicted octanol–water partition coefficient (Wildman–Crippen LogP) is 2.43. The number of ether oxygens (including phenoxy) is 3. The third-order valence-corrected chi connectivity index (χ3v) is 10.2. The molecule has 2 fully saturated rings. The molecule has 5 rings (SSSR count). The normalized spacial score (nSPS) is 19.8. The van der Waals surface area contributed by atoms with Crippen LogP contribution in [-0.2, 0) is 43.6 Å². The number of aryl methyl sites for hydroxylation is 1. The van der Waals surface area contributed by atoms with E-state index in [-0.39, 0.29) is 28.4 Å². The van der Waals surface area contributed by atoms with Crippen LogP contribution in [0.5, 0.6) is 0 Å². The minimum Gasteiger partial charge on any atom is -0.461 e. The number of nitrogens with zero attached hydrogens (tertiary/aromatic N) is 3. The summed E-state index contributed by atoms with van der Waals surface area (Å²) in [5.41, 5.74) is 2.14. The molecule has 3 aliphatic rings. The fraction of sp³-hybridized carbons (Fsp3) is 0.621. The summed E-state index contributed by atoms with van der Waals surface area (Å²) in [4.78, 5) is 26.2. The highest BCUT2D eigenvalue weighted by Gasteiger charge is 2.40. The van der Waals surface area contributed by atoms with E-state index >= 15 is 0 Å². The maximum Gasteiger partial charge on any atom is 0.338 e. The number of aromatic nitrogens is 2. The average molecular weight is 589 g/mol. The van der Waals surface area contributed by atoms with Gasteiger partial charge in [0.05, 0.1) is 47.2 Å². The molecule has 1 amide bonds. The van der Waals surface area contributed by atoms with E-state index in [1.807, 2.05) is 25.5 Å². The molecule has 2 aromatic rings. The van der Waals surface area contributed by atoms with Gasteiger partial charge in [-0.25, -0.2) is 13.2 Å². The highest BCUT2D eigenvalue weighted by Crippen LogP contribution is 2.38. The van der Waals surface area contributed by atoms with Crippen molar-refractivity contribution in [2.24, 2.45) is 10.8 Å². The second kappa shape index (κ2) is 11.8. The van der Waals surface area contributed by atoms with E-state index in [0.29, 0.717) is 64.6 Å². The lowest BCUT2D eigenvalue weighted by Crippen LogP contribution is -2.41. The van der Waals surface area contributed by atoms with E-state index in [2.05, 4.69) is 5.32 Å². The SMILES string of the molecule is CCc1nn(CC(C)(C)COC(=O)c2ccc(S(=O)(=O)N3CCOCC3)cc2)c2c1C(=O)NCC1(CCOCC1)C2. The van der Waals surface area contributed by atoms with Crippen LogP contribution in [-0.4, -0.2) is 87.0 Å². The van der Waals surface area contributed by atoms with Gasteiger partial charge in [-0.05, 0) is 55.4 Å². The van der Waals surface area contributed by atoms with Crippen LogP contribution in [0.3, 0.4) is 0 Å². The van der Waals surface area contributed by atoms with Crippen LogP contribution in [0.2, 0.25) is 0 Å². The topological polar surface area (TPSA) is 129 Å². The molecule has 224 valence electrons. The molecular weight excluding hydrogens is 548 g/mol. The average Bonchev–Trinajstić information content (AvgIpc) is 3.24. The van der Waals surface area contributed by atoms with Crippen LogP contribution in [0, 0.1) is 10.8 Å². The Hall–Kier alpha value is -2.80. The first-order valence-corrected chi connectivity index (χ1v) is 15.8. The van der Waals surface area contributed by atoms with E-state index in [1.165, 1.54) is 28.6 Å². The zero-order chi connectivity index (χ0) is 29.3. The predicted molar refractivity (Wildman–Crippen MR) is 150 cm³/mol.